The predicted octanol–water partition coefficient (Wildman–Crippen LogP) is 1.65. The molecule has 1 aromatic heterocycles. The summed E-state index contributed by atoms with van der Waals surface area (Å²) < 4.78 is 1.93. The van der Waals surface area contributed by atoms with Gasteiger partial charge in [-0.1, -0.05) is 19.9 Å². The van der Waals surface area contributed by atoms with Crippen molar-refractivity contribution >= 4 is 23.2 Å². The Kier molecular flexibility index (Phi) is 5.45. The van der Waals surface area contributed by atoms with Gasteiger partial charge in [0.05, 0.1) is 6.54 Å². The maximum Gasteiger partial charge on any atom is 0.250 e. The van der Waals surface area contributed by atoms with Crippen LogP contribution < -0.4 is 10.9 Å². The minimum absolute atomic E-state index is 0.0944. The molecule has 0 aliphatic carbocycles. The van der Waals surface area contributed by atoms with Gasteiger partial charge in [0.1, 0.15) is 0 Å². The highest BCUT2D eigenvalue weighted by molar-refractivity contribution is 7.80. The van der Waals surface area contributed by atoms with Crippen molar-refractivity contribution < 1.29 is 4.79 Å². The van der Waals surface area contributed by atoms with Crippen molar-refractivity contribution in [1.82, 2.24) is 19.7 Å². The van der Waals surface area contributed by atoms with Crippen molar-refractivity contribution in [2.45, 2.75) is 39.2 Å². The average molecular weight is 403 g/mol. The average Bonchev–Trinajstić information content (AvgIpc) is 2.66. The second-order valence-electron chi connectivity index (χ2n) is 9.01. The number of rotatable bonds is 2. The van der Waals surface area contributed by atoms with E-state index in [0.29, 0.717) is 28.8 Å². The van der Waals surface area contributed by atoms with Crippen LogP contribution >= 0.6 is 12.2 Å². The number of aromatic nitrogens is 1. The van der Waals surface area contributed by atoms with Gasteiger partial charge in [0.15, 0.2) is 5.11 Å². The minimum Gasteiger partial charge on any atom is -0.353 e. The number of pyridine rings is 1. The van der Waals surface area contributed by atoms with Gasteiger partial charge >= 0.3 is 0 Å². The first kappa shape index (κ1) is 19.4. The Hall–Kier alpha value is -1.89. The van der Waals surface area contributed by atoms with Crippen LogP contribution in [0.3, 0.4) is 0 Å². The molecule has 1 aromatic rings. The molecule has 0 saturated carbocycles. The summed E-state index contributed by atoms with van der Waals surface area (Å²) in [6.45, 7) is 8.78. The van der Waals surface area contributed by atoms with Crippen LogP contribution in [0.15, 0.2) is 23.0 Å². The quantitative estimate of drug-likeness (QED) is 0.763. The first-order chi connectivity index (χ1) is 13.4. The third kappa shape index (κ3) is 3.95. The molecule has 1 N–H and O–H groups in total. The molecule has 2 saturated heterocycles. The molecule has 0 aromatic carbocycles. The molecule has 0 spiro atoms. The van der Waals surface area contributed by atoms with Gasteiger partial charge in [0.2, 0.25) is 5.91 Å². The van der Waals surface area contributed by atoms with E-state index in [0.717, 1.165) is 44.8 Å². The molecule has 2 fully saturated rings. The van der Waals surface area contributed by atoms with E-state index in [-0.39, 0.29) is 18.0 Å². The van der Waals surface area contributed by atoms with Crippen molar-refractivity contribution in [2.75, 3.05) is 32.7 Å². The summed E-state index contributed by atoms with van der Waals surface area (Å²) in [6, 6.07) is 5.55. The predicted molar refractivity (Wildman–Crippen MR) is 113 cm³/mol. The molecule has 152 valence electrons. The molecule has 4 atom stereocenters. The smallest absolute Gasteiger partial charge is 0.250 e. The lowest BCUT2D eigenvalue weighted by molar-refractivity contribution is -0.132. The van der Waals surface area contributed by atoms with Gasteiger partial charge in [-0.15, -0.1) is 0 Å². The Bertz CT molecular complexity index is 813. The van der Waals surface area contributed by atoms with Gasteiger partial charge in [-0.3, -0.25) is 9.59 Å². The number of hydrogen-bond donors (Lipinski definition) is 1. The first-order valence-electron chi connectivity index (χ1n) is 10.4. The number of nitrogens with zero attached hydrogens (tertiary/aromatic N) is 3. The summed E-state index contributed by atoms with van der Waals surface area (Å²) in [5, 5.41) is 3.86. The van der Waals surface area contributed by atoms with Crippen LogP contribution in [0.4, 0.5) is 0 Å². The van der Waals surface area contributed by atoms with Crippen LogP contribution in [0, 0.1) is 17.8 Å². The number of nitrogens with one attached hydrogen (secondary N) is 1. The molecule has 7 heteroatoms. The van der Waals surface area contributed by atoms with E-state index in [1.807, 2.05) is 15.5 Å². The van der Waals surface area contributed by atoms with E-state index in [1.54, 1.807) is 6.07 Å². The Morgan fingerprint density at radius 1 is 1.07 bits per heavy atom. The lowest BCUT2D eigenvalue weighted by Crippen LogP contribution is -2.53. The number of likely N-dealkylation sites (tertiary alicyclic amines) is 2. The van der Waals surface area contributed by atoms with E-state index in [9.17, 15) is 9.59 Å². The number of carbonyl (C=O) groups excluding carboxylic acids is 1. The van der Waals surface area contributed by atoms with E-state index < -0.39 is 0 Å². The zero-order valence-corrected chi connectivity index (χ0v) is 17.6. The van der Waals surface area contributed by atoms with Crippen LogP contribution in [0.25, 0.3) is 0 Å². The fourth-order valence-electron chi connectivity index (χ4n) is 5.30. The molecule has 3 aliphatic rings. The Labute approximate surface area is 171 Å². The molecule has 3 aliphatic heterocycles. The lowest BCUT2D eigenvalue weighted by atomic mass is 9.83. The molecular weight excluding hydrogens is 372 g/mol. The molecule has 4 unspecified atom stereocenters. The molecule has 1 amide bonds. The normalized spacial score (nSPS) is 29.2. The van der Waals surface area contributed by atoms with E-state index in [1.165, 1.54) is 6.42 Å². The van der Waals surface area contributed by atoms with Crippen LogP contribution in [-0.2, 0) is 11.3 Å². The van der Waals surface area contributed by atoms with Gasteiger partial charge in [-0.2, -0.15) is 0 Å². The molecule has 6 nitrogen and oxygen atoms in total. The zero-order valence-electron chi connectivity index (χ0n) is 16.8. The topological polar surface area (TPSA) is 57.6 Å². The van der Waals surface area contributed by atoms with Crippen molar-refractivity contribution in [3.05, 3.63) is 34.2 Å². The Morgan fingerprint density at radius 2 is 1.82 bits per heavy atom. The van der Waals surface area contributed by atoms with Gasteiger partial charge in [0.25, 0.3) is 5.56 Å². The number of amides is 1. The molecule has 2 bridgehead atoms. The van der Waals surface area contributed by atoms with E-state index in [2.05, 4.69) is 30.1 Å². The number of hydrogen-bond acceptors (Lipinski definition) is 3. The van der Waals surface area contributed by atoms with E-state index >= 15 is 0 Å². The van der Waals surface area contributed by atoms with Crippen molar-refractivity contribution in [3.8, 4) is 0 Å². The third-order valence-electron chi connectivity index (χ3n) is 6.38. The van der Waals surface area contributed by atoms with Gasteiger partial charge in [0, 0.05) is 50.4 Å². The third-order valence-corrected chi connectivity index (χ3v) is 6.78. The molecule has 4 rings (SSSR count). The highest BCUT2D eigenvalue weighted by Gasteiger charge is 2.35. The van der Waals surface area contributed by atoms with Gasteiger partial charge in [-0.25, -0.2) is 0 Å². The maximum atomic E-state index is 12.6. The van der Waals surface area contributed by atoms with Crippen molar-refractivity contribution in [1.29, 1.82) is 0 Å². The highest BCUT2D eigenvalue weighted by Crippen LogP contribution is 2.34. The fourth-order valence-corrected chi connectivity index (χ4v) is 5.52. The second kappa shape index (κ2) is 7.85. The summed E-state index contributed by atoms with van der Waals surface area (Å²) in [5.74, 6) is 2.00. The maximum absolute atomic E-state index is 12.6. The molecular formula is C21H30N4O2S. The number of thiocarbonyl (C=S) groups is 1. The highest BCUT2D eigenvalue weighted by atomic mass is 32.1. The van der Waals surface area contributed by atoms with Crippen LogP contribution in [0.5, 0.6) is 0 Å². The van der Waals surface area contributed by atoms with Gasteiger partial charge in [-0.05, 0) is 48.9 Å². The fraction of sp³-hybridized carbons (Fsp3) is 0.667. The summed E-state index contributed by atoms with van der Waals surface area (Å²) in [6.07, 6.45) is 2.29. The van der Waals surface area contributed by atoms with Crippen molar-refractivity contribution in [2.24, 2.45) is 17.8 Å². The standard InChI is InChI=1S/C21H30N4O2S/c1-14-6-15(2)10-23(9-14)20(27)8-22-21(28)24-11-16-7-17(13-24)18-4-3-5-19(26)25(18)12-16/h3-5,14-17H,6-13H2,1-2H3,(H,22,28). The SMILES string of the molecule is CC1CC(C)CN(C(=O)CNC(=S)N2CC3CC(C2)c2cccc(=O)n2C3)C1. The summed E-state index contributed by atoms with van der Waals surface area (Å²) in [4.78, 5) is 28.9. The number of fused-ring (bicyclic) bond motifs is 4. The summed E-state index contributed by atoms with van der Waals surface area (Å²) in [5.41, 5.74) is 1.21. The Balaban J connectivity index is 1.35. The molecule has 0 radical (unpaired) electrons. The second-order valence-corrected chi connectivity index (χ2v) is 9.39. The van der Waals surface area contributed by atoms with Crippen LogP contribution in [-0.4, -0.2) is 58.1 Å². The number of carbonyl (C=O) groups is 1. The lowest BCUT2D eigenvalue weighted by Gasteiger charge is -2.43. The van der Waals surface area contributed by atoms with Crippen LogP contribution in [0.2, 0.25) is 0 Å². The summed E-state index contributed by atoms with van der Waals surface area (Å²) in [7, 11) is 0. The number of piperidine rings is 2. The minimum atomic E-state index is 0.0944. The first-order valence-corrected chi connectivity index (χ1v) is 10.8. The van der Waals surface area contributed by atoms with Crippen LogP contribution in [0.1, 0.15) is 38.3 Å². The largest absolute Gasteiger partial charge is 0.353 e. The monoisotopic (exact) mass is 402 g/mol. The molecule has 28 heavy (non-hydrogen) atoms. The van der Waals surface area contributed by atoms with Crippen molar-refractivity contribution in [3.63, 3.8) is 0 Å². The van der Waals surface area contributed by atoms with Gasteiger partial charge < -0.3 is 19.7 Å². The van der Waals surface area contributed by atoms with E-state index in [4.69, 9.17) is 12.2 Å². The molecule has 4 heterocycles. The zero-order chi connectivity index (χ0) is 19.8. The Morgan fingerprint density at radius 3 is 2.57 bits per heavy atom. The summed E-state index contributed by atoms with van der Waals surface area (Å²) >= 11 is 5.62.